The molecule has 1 aromatic carbocycles. The van der Waals surface area contributed by atoms with Crippen molar-refractivity contribution in [2.24, 2.45) is 0 Å². The molecule has 0 radical (unpaired) electrons. The number of benzene rings is 1. The molecule has 0 aromatic heterocycles. The third-order valence-corrected chi connectivity index (χ3v) is 3.31. The van der Waals surface area contributed by atoms with Crippen LogP contribution in [0.25, 0.3) is 0 Å². The maximum Gasteiger partial charge on any atom is 0.0534 e. The summed E-state index contributed by atoms with van der Waals surface area (Å²) >= 11 is 0. The molecular formula is C15H21N. The molecule has 0 aliphatic carbocycles. The average Bonchev–Trinajstić information content (AvgIpc) is 2.69. The van der Waals surface area contributed by atoms with Gasteiger partial charge in [0.15, 0.2) is 0 Å². The van der Waals surface area contributed by atoms with E-state index in [2.05, 4.69) is 55.3 Å². The third-order valence-electron chi connectivity index (χ3n) is 3.31. The van der Waals surface area contributed by atoms with Crippen molar-refractivity contribution in [2.45, 2.75) is 32.2 Å². The van der Waals surface area contributed by atoms with Crippen LogP contribution >= 0.6 is 0 Å². The first kappa shape index (κ1) is 11.4. The highest BCUT2D eigenvalue weighted by Gasteiger charge is 2.21. The van der Waals surface area contributed by atoms with Gasteiger partial charge in [0.05, 0.1) is 6.04 Å². The minimum Gasteiger partial charge on any atom is -0.292 e. The number of hydrogen-bond acceptors (Lipinski definition) is 1. The largest absolute Gasteiger partial charge is 0.292 e. The summed E-state index contributed by atoms with van der Waals surface area (Å²) in [4.78, 5) is 2.43. The molecule has 0 bridgehead atoms. The monoisotopic (exact) mass is 215 g/mol. The molecule has 0 fully saturated rings. The maximum absolute atomic E-state index is 2.45. The molecule has 1 unspecified atom stereocenters. The summed E-state index contributed by atoms with van der Waals surface area (Å²) in [5.41, 5.74) is 3.02. The van der Waals surface area contributed by atoms with E-state index < -0.39 is 0 Å². The van der Waals surface area contributed by atoms with Crippen molar-refractivity contribution in [3.63, 3.8) is 0 Å². The van der Waals surface area contributed by atoms with Gasteiger partial charge in [-0.2, -0.15) is 0 Å². The SMILES string of the molecule is CCCCC1=CC(c2ccccc2)N(C)C1. The van der Waals surface area contributed by atoms with Crippen molar-refractivity contribution >= 4 is 0 Å². The Kier molecular flexibility index (Phi) is 3.79. The van der Waals surface area contributed by atoms with E-state index in [0.29, 0.717) is 6.04 Å². The lowest BCUT2D eigenvalue weighted by atomic mass is 10.1. The molecule has 1 atom stereocenters. The fourth-order valence-electron chi connectivity index (χ4n) is 2.39. The van der Waals surface area contributed by atoms with Crippen LogP contribution in [-0.2, 0) is 0 Å². The Labute approximate surface area is 98.8 Å². The van der Waals surface area contributed by atoms with Crippen LogP contribution in [0.4, 0.5) is 0 Å². The minimum atomic E-state index is 0.494. The third kappa shape index (κ3) is 2.53. The molecule has 0 saturated heterocycles. The summed E-state index contributed by atoms with van der Waals surface area (Å²) in [6, 6.07) is 11.3. The van der Waals surface area contributed by atoms with Crippen LogP contribution in [0, 0.1) is 0 Å². The summed E-state index contributed by atoms with van der Waals surface area (Å²) in [7, 11) is 2.22. The second-order valence-corrected chi connectivity index (χ2v) is 4.70. The molecule has 1 aromatic rings. The van der Waals surface area contributed by atoms with Crippen molar-refractivity contribution in [3.8, 4) is 0 Å². The van der Waals surface area contributed by atoms with E-state index in [0.717, 1.165) is 6.54 Å². The average molecular weight is 215 g/mol. The van der Waals surface area contributed by atoms with Crippen LogP contribution in [0.3, 0.4) is 0 Å². The molecule has 1 heterocycles. The first-order valence-electron chi connectivity index (χ1n) is 6.26. The Morgan fingerprint density at radius 1 is 1.25 bits per heavy atom. The molecule has 0 spiro atoms. The molecule has 1 aliphatic rings. The highest BCUT2D eigenvalue weighted by atomic mass is 15.1. The van der Waals surface area contributed by atoms with Gasteiger partial charge in [0.25, 0.3) is 0 Å². The molecule has 0 saturated carbocycles. The predicted molar refractivity (Wildman–Crippen MR) is 69.4 cm³/mol. The Bertz CT molecular complexity index is 353. The van der Waals surface area contributed by atoms with Gasteiger partial charge < -0.3 is 0 Å². The lowest BCUT2D eigenvalue weighted by molar-refractivity contribution is 0.335. The molecule has 1 nitrogen and oxygen atoms in total. The first-order chi connectivity index (χ1) is 7.81. The van der Waals surface area contributed by atoms with Gasteiger partial charge in [-0.15, -0.1) is 0 Å². The van der Waals surface area contributed by atoms with E-state index in [-0.39, 0.29) is 0 Å². The molecule has 86 valence electrons. The van der Waals surface area contributed by atoms with Crippen molar-refractivity contribution in [1.29, 1.82) is 0 Å². The summed E-state index contributed by atoms with van der Waals surface area (Å²) in [5.74, 6) is 0. The highest BCUT2D eigenvalue weighted by Crippen LogP contribution is 2.30. The van der Waals surface area contributed by atoms with E-state index in [1.165, 1.54) is 24.8 Å². The van der Waals surface area contributed by atoms with Gasteiger partial charge in [0, 0.05) is 6.54 Å². The maximum atomic E-state index is 2.45. The predicted octanol–water partition coefficient (Wildman–Crippen LogP) is 3.79. The van der Waals surface area contributed by atoms with E-state index in [9.17, 15) is 0 Å². The zero-order chi connectivity index (χ0) is 11.4. The normalized spacial score (nSPS) is 21.1. The lowest BCUT2D eigenvalue weighted by Gasteiger charge is -2.19. The fourth-order valence-corrected chi connectivity index (χ4v) is 2.39. The molecular weight excluding hydrogens is 194 g/mol. The summed E-state index contributed by atoms with van der Waals surface area (Å²) in [5, 5.41) is 0. The zero-order valence-corrected chi connectivity index (χ0v) is 10.3. The highest BCUT2D eigenvalue weighted by molar-refractivity contribution is 5.28. The van der Waals surface area contributed by atoms with Crippen molar-refractivity contribution in [3.05, 3.63) is 47.5 Å². The van der Waals surface area contributed by atoms with Gasteiger partial charge in [-0.05, 0) is 25.5 Å². The second kappa shape index (κ2) is 5.31. The summed E-state index contributed by atoms with van der Waals surface area (Å²) < 4.78 is 0. The lowest BCUT2D eigenvalue weighted by Crippen LogP contribution is -2.19. The van der Waals surface area contributed by atoms with Gasteiger partial charge in [0.1, 0.15) is 0 Å². The molecule has 0 amide bonds. The number of unbranched alkanes of at least 4 members (excludes halogenated alkanes) is 1. The topological polar surface area (TPSA) is 3.24 Å². The van der Waals surface area contributed by atoms with Gasteiger partial charge in [-0.3, -0.25) is 4.90 Å². The van der Waals surface area contributed by atoms with Crippen LogP contribution in [-0.4, -0.2) is 18.5 Å². The van der Waals surface area contributed by atoms with Gasteiger partial charge in [-0.25, -0.2) is 0 Å². The zero-order valence-electron chi connectivity index (χ0n) is 10.3. The fraction of sp³-hybridized carbons (Fsp3) is 0.467. The number of hydrogen-bond donors (Lipinski definition) is 0. The smallest absolute Gasteiger partial charge is 0.0534 e. The Morgan fingerprint density at radius 3 is 2.69 bits per heavy atom. The molecule has 2 rings (SSSR count). The quantitative estimate of drug-likeness (QED) is 0.691. The molecule has 16 heavy (non-hydrogen) atoms. The molecule has 1 aliphatic heterocycles. The minimum absolute atomic E-state index is 0.494. The van der Waals surface area contributed by atoms with Crippen molar-refractivity contribution in [1.82, 2.24) is 4.90 Å². The van der Waals surface area contributed by atoms with Crippen LogP contribution in [0.5, 0.6) is 0 Å². The standard InChI is InChI=1S/C15H21N/c1-3-4-8-13-11-15(16(2)12-13)14-9-6-5-7-10-14/h5-7,9-11,15H,3-4,8,12H2,1-2H3. The molecule has 0 N–H and O–H groups in total. The van der Waals surface area contributed by atoms with Crippen LogP contribution in [0.1, 0.15) is 37.8 Å². The Hall–Kier alpha value is -1.08. The van der Waals surface area contributed by atoms with Gasteiger partial charge in [-0.1, -0.05) is 55.3 Å². The van der Waals surface area contributed by atoms with Gasteiger partial charge in [0.2, 0.25) is 0 Å². The van der Waals surface area contributed by atoms with Crippen LogP contribution in [0.15, 0.2) is 42.0 Å². The van der Waals surface area contributed by atoms with E-state index in [4.69, 9.17) is 0 Å². The van der Waals surface area contributed by atoms with Crippen molar-refractivity contribution < 1.29 is 0 Å². The Balaban J connectivity index is 2.08. The van der Waals surface area contributed by atoms with Gasteiger partial charge >= 0.3 is 0 Å². The molecule has 1 heteroatoms. The van der Waals surface area contributed by atoms with E-state index in [1.54, 1.807) is 5.57 Å². The van der Waals surface area contributed by atoms with Crippen LogP contribution < -0.4 is 0 Å². The second-order valence-electron chi connectivity index (χ2n) is 4.70. The number of nitrogens with zero attached hydrogens (tertiary/aromatic N) is 1. The number of rotatable bonds is 4. The Morgan fingerprint density at radius 2 is 2.00 bits per heavy atom. The van der Waals surface area contributed by atoms with Crippen molar-refractivity contribution in [2.75, 3.05) is 13.6 Å². The van der Waals surface area contributed by atoms with E-state index in [1.807, 2.05) is 0 Å². The summed E-state index contributed by atoms with van der Waals surface area (Å²) in [6.45, 7) is 3.40. The summed E-state index contributed by atoms with van der Waals surface area (Å²) in [6.07, 6.45) is 6.33. The van der Waals surface area contributed by atoms with E-state index >= 15 is 0 Å². The van der Waals surface area contributed by atoms with Crippen LogP contribution in [0.2, 0.25) is 0 Å². The first-order valence-corrected chi connectivity index (χ1v) is 6.26. The number of likely N-dealkylation sites (N-methyl/N-ethyl adjacent to an activating group) is 1.